The molecule has 0 N–H and O–H groups in total. The summed E-state index contributed by atoms with van der Waals surface area (Å²) in [6, 6.07) is 6.25. The smallest absolute Gasteiger partial charge is 0.417 e. The van der Waals surface area contributed by atoms with Gasteiger partial charge in [-0.05, 0) is 44.0 Å². The van der Waals surface area contributed by atoms with Crippen LogP contribution in [0.5, 0.6) is 5.75 Å². The number of amides is 1. The topological polar surface area (TPSA) is 90.0 Å². The summed E-state index contributed by atoms with van der Waals surface area (Å²) in [6.07, 6.45) is -0.0136. The number of hydrogen-bond donors (Lipinski definition) is 0. The lowest BCUT2D eigenvalue weighted by Crippen LogP contribution is -2.43. The second-order valence-electron chi connectivity index (χ2n) is 6.01. The average Bonchev–Trinajstić information content (AvgIpc) is 2.68. The van der Waals surface area contributed by atoms with Gasteiger partial charge in [0, 0.05) is 19.5 Å². The quantitative estimate of drug-likeness (QED) is 0.433. The van der Waals surface area contributed by atoms with Gasteiger partial charge in [0.1, 0.15) is 12.4 Å². The molecule has 1 aromatic carbocycles. The van der Waals surface area contributed by atoms with Gasteiger partial charge in [-0.3, -0.25) is 4.79 Å². The van der Waals surface area contributed by atoms with E-state index in [9.17, 15) is 18.0 Å². The largest absolute Gasteiger partial charge is 0.481 e. The average molecular weight is 393 g/mol. The van der Waals surface area contributed by atoms with Gasteiger partial charge in [-0.2, -0.15) is 0 Å². The second-order valence-corrected chi connectivity index (χ2v) is 8.24. The maximum atomic E-state index is 12.8. The molecule has 1 aliphatic rings. The Hall–Kier alpha value is -2.53. The Balaban J connectivity index is 1.96. The molecule has 7 nitrogen and oxygen atoms in total. The van der Waals surface area contributed by atoms with Gasteiger partial charge in [0.25, 0.3) is 0 Å². The molecule has 1 fully saturated rings. The fraction of sp³-hybridized carbons (Fsp3) is 0.474. The van der Waals surface area contributed by atoms with Gasteiger partial charge in [-0.25, -0.2) is 13.2 Å². The van der Waals surface area contributed by atoms with Crippen LogP contribution in [-0.4, -0.2) is 50.3 Å². The van der Waals surface area contributed by atoms with Crippen molar-refractivity contribution in [3.8, 4) is 17.6 Å². The molecule has 1 aromatic rings. The van der Waals surface area contributed by atoms with Crippen LogP contribution in [0.2, 0.25) is 0 Å². The number of likely N-dealkylation sites (tertiary alicyclic amines) is 1. The zero-order valence-corrected chi connectivity index (χ0v) is 16.3. The summed E-state index contributed by atoms with van der Waals surface area (Å²) in [7, 11) is -3.51. The van der Waals surface area contributed by atoms with Crippen molar-refractivity contribution in [3.63, 3.8) is 0 Å². The molecular weight excluding hydrogens is 370 g/mol. The van der Waals surface area contributed by atoms with E-state index in [1.165, 1.54) is 17.0 Å². The molecule has 8 heteroatoms. The number of sulfone groups is 1. The number of benzene rings is 1. The van der Waals surface area contributed by atoms with Crippen LogP contribution in [0.1, 0.15) is 33.1 Å². The molecule has 0 radical (unpaired) electrons. The third-order valence-corrected chi connectivity index (χ3v) is 6.55. The predicted molar refractivity (Wildman–Crippen MR) is 98.9 cm³/mol. The number of rotatable bonds is 5. The normalized spacial score (nSPS) is 14.8. The highest BCUT2D eigenvalue weighted by molar-refractivity contribution is 7.92. The van der Waals surface area contributed by atoms with Crippen molar-refractivity contribution in [1.82, 2.24) is 4.90 Å². The van der Waals surface area contributed by atoms with Crippen LogP contribution in [0.25, 0.3) is 0 Å². The van der Waals surface area contributed by atoms with E-state index in [1.54, 1.807) is 26.0 Å². The predicted octanol–water partition coefficient (Wildman–Crippen LogP) is 2.40. The summed E-state index contributed by atoms with van der Waals surface area (Å²) < 4.78 is 35.7. The zero-order valence-electron chi connectivity index (χ0n) is 15.4. The van der Waals surface area contributed by atoms with E-state index in [2.05, 4.69) is 16.6 Å². The molecule has 0 saturated carbocycles. The van der Waals surface area contributed by atoms with E-state index >= 15 is 0 Å². The third-order valence-electron chi connectivity index (χ3n) is 4.27. The molecule has 0 unspecified atom stereocenters. The van der Waals surface area contributed by atoms with Crippen LogP contribution < -0.4 is 4.74 Å². The second kappa shape index (κ2) is 9.42. The zero-order chi connectivity index (χ0) is 19.9. The standard InChI is InChI=1S/C19H23NO6S/c1-3-5-14-25-15-6-8-16(9-7-15)27(23,24)17-10-12-20(13-11-17)19(22)26-18(21)4-2/h6-9,17H,4,10-14H2,1-2H3. The molecule has 1 heterocycles. The first-order chi connectivity index (χ1) is 12.9. The molecule has 2 rings (SSSR count). The van der Waals surface area contributed by atoms with Gasteiger partial charge >= 0.3 is 12.1 Å². The first-order valence-corrected chi connectivity index (χ1v) is 10.3. The molecule has 1 amide bonds. The van der Waals surface area contributed by atoms with Gasteiger partial charge in [0.15, 0.2) is 9.84 Å². The van der Waals surface area contributed by atoms with Gasteiger partial charge in [0.2, 0.25) is 0 Å². The Labute approximate surface area is 159 Å². The lowest BCUT2D eigenvalue weighted by Gasteiger charge is -2.30. The van der Waals surface area contributed by atoms with E-state index in [-0.39, 0.29) is 31.0 Å². The molecule has 0 atom stereocenters. The summed E-state index contributed by atoms with van der Waals surface area (Å²) in [4.78, 5) is 24.6. The number of ether oxygens (including phenoxy) is 2. The van der Waals surface area contributed by atoms with Crippen LogP contribution >= 0.6 is 0 Å². The maximum absolute atomic E-state index is 12.8. The number of carbonyl (C=O) groups excluding carboxylic acids is 2. The number of carbonyl (C=O) groups is 2. The van der Waals surface area contributed by atoms with Crippen molar-refractivity contribution >= 4 is 21.9 Å². The van der Waals surface area contributed by atoms with Crippen LogP contribution in [0.3, 0.4) is 0 Å². The SMILES string of the molecule is CC#CCOc1ccc(S(=O)(=O)C2CCN(C(=O)OC(=O)CC)CC2)cc1. The summed E-state index contributed by atoms with van der Waals surface area (Å²) in [5.41, 5.74) is 0. The Morgan fingerprint density at radius 1 is 1.19 bits per heavy atom. The molecule has 1 saturated heterocycles. The van der Waals surface area contributed by atoms with Gasteiger partial charge in [0.05, 0.1) is 10.1 Å². The van der Waals surface area contributed by atoms with Crippen LogP contribution in [-0.2, 0) is 19.4 Å². The molecule has 0 spiro atoms. The minimum absolute atomic E-state index is 0.112. The molecule has 0 aromatic heterocycles. The fourth-order valence-electron chi connectivity index (χ4n) is 2.69. The van der Waals surface area contributed by atoms with Gasteiger partial charge in [-0.1, -0.05) is 12.8 Å². The molecular formula is C19H23NO6S. The van der Waals surface area contributed by atoms with Gasteiger partial charge in [-0.15, -0.1) is 5.92 Å². The van der Waals surface area contributed by atoms with Crippen molar-refractivity contribution in [2.24, 2.45) is 0 Å². The van der Waals surface area contributed by atoms with E-state index < -0.39 is 27.1 Å². The van der Waals surface area contributed by atoms with Crippen molar-refractivity contribution in [2.75, 3.05) is 19.7 Å². The molecule has 146 valence electrons. The minimum Gasteiger partial charge on any atom is -0.481 e. The Morgan fingerprint density at radius 2 is 1.81 bits per heavy atom. The van der Waals surface area contributed by atoms with E-state index in [4.69, 9.17) is 4.74 Å². The highest BCUT2D eigenvalue weighted by atomic mass is 32.2. The van der Waals surface area contributed by atoms with Gasteiger partial charge < -0.3 is 14.4 Å². The number of piperidine rings is 1. The highest BCUT2D eigenvalue weighted by Crippen LogP contribution is 2.26. The van der Waals surface area contributed by atoms with Crippen molar-refractivity contribution in [3.05, 3.63) is 24.3 Å². The fourth-order valence-corrected chi connectivity index (χ4v) is 4.42. The van der Waals surface area contributed by atoms with Crippen molar-refractivity contribution in [2.45, 2.75) is 43.3 Å². The third kappa shape index (κ3) is 5.47. The number of nitrogens with zero attached hydrogens (tertiary/aromatic N) is 1. The first-order valence-electron chi connectivity index (χ1n) is 8.74. The first kappa shape index (κ1) is 20.8. The highest BCUT2D eigenvalue weighted by Gasteiger charge is 2.33. The van der Waals surface area contributed by atoms with E-state index in [0.717, 1.165) is 0 Å². The lowest BCUT2D eigenvalue weighted by atomic mass is 10.1. The van der Waals surface area contributed by atoms with Crippen molar-refractivity contribution < 1.29 is 27.5 Å². The Morgan fingerprint density at radius 3 is 2.37 bits per heavy atom. The minimum atomic E-state index is -3.51. The van der Waals surface area contributed by atoms with E-state index in [1.807, 2.05) is 0 Å². The summed E-state index contributed by atoms with van der Waals surface area (Å²) in [6.45, 7) is 4.03. The van der Waals surface area contributed by atoms with Crippen LogP contribution in [0, 0.1) is 11.8 Å². The van der Waals surface area contributed by atoms with Crippen LogP contribution in [0.4, 0.5) is 4.79 Å². The Bertz CT molecular complexity index is 827. The molecule has 0 aliphatic carbocycles. The monoisotopic (exact) mass is 393 g/mol. The number of hydrogen-bond acceptors (Lipinski definition) is 6. The number of esters is 1. The Kier molecular flexibility index (Phi) is 7.25. The molecule has 0 bridgehead atoms. The van der Waals surface area contributed by atoms with Crippen LogP contribution in [0.15, 0.2) is 29.2 Å². The maximum Gasteiger partial charge on any atom is 0.417 e. The van der Waals surface area contributed by atoms with E-state index in [0.29, 0.717) is 18.6 Å². The summed E-state index contributed by atoms with van der Waals surface area (Å²) in [5.74, 6) is 5.44. The lowest BCUT2D eigenvalue weighted by molar-refractivity contribution is -0.138. The van der Waals surface area contributed by atoms with Crippen molar-refractivity contribution in [1.29, 1.82) is 0 Å². The summed E-state index contributed by atoms with van der Waals surface area (Å²) >= 11 is 0. The summed E-state index contributed by atoms with van der Waals surface area (Å²) in [5, 5.41) is -0.582. The molecule has 27 heavy (non-hydrogen) atoms. The molecule has 1 aliphatic heterocycles.